The van der Waals surface area contributed by atoms with Crippen molar-refractivity contribution in [1.29, 1.82) is 0 Å². The van der Waals surface area contributed by atoms with Gasteiger partial charge in [-0.25, -0.2) is 0 Å². The van der Waals surface area contributed by atoms with Gasteiger partial charge >= 0.3 is 0 Å². The van der Waals surface area contributed by atoms with Crippen molar-refractivity contribution in [2.24, 2.45) is 7.05 Å². The van der Waals surface area contributed by atoms with Gasteiger partial charge in [0.25, 0.3) is 5.91 Å². The van der Waals surface area contributed by atoms with E-state index < -0.39 is 0 Å². The fraction of sp³-hybridized carbons (Fsp3) is 0.615. The third-order valence-electron chi connectivity index (χ3n) is 3.41. The van der Waals surface area contributed by atoms with Crippen LogP contribution in [0.1, 0.15) is 36.2 Å². The van der Waals surface area contributed by atoms with E-state index in [4.69, 9.17) is 0 Å². The van der Waals surface area contributed by atoms with Crippen LogP contribution in [0.15, 0.2) is 12.3 Å². The lowest BCUT2D eigenvalue weighted by Crippen LogP contribution is -2.41. The minimum absolute atomic E-state index is 0.00239. The number of nitrogens with zero attached hydrogens (tertiary/aromatic N) is 3. The molecule has 2 heterocycles. The highest BCUT2D eigenvalue weighted by Crippen LogP contribution is 2.09. The van der Waals surface area contributed by atoms with Crippen molar-refractivity contribution in [1.82, 2.24) is 20.0 Å². The molecule has 1 aromatic rings. The van der Waals surface area contributed by atoms with Crippen LogP contribution >= 0.6 is 0 Å². The first-order valence-corrected chi connectivity index (χ1v) is 6.72. The molecule has 2 amide bonds. The average Bonchev–Trinajstić information content (AvgIpc) is 2.68. The monoisotopic (exact) mass is 264 g/mol. The van der Waals surface area contributed by atoms with Gasteiger partial charge in [-0.2, -0.15) is 5.10 Å². The SMILES string of the molecule is Cn1nccc1C(=O)NCC(=O)N1CCCCCC1. The molecule has 1 fully saturated rings. The van der Waals surface area contributed by atoms with E-state index in [0.717, 1.165) is 25.9 Å². The maximum atomic E-state index is 12.0. The van der Waals surface area contributed by atoms with Crippen molar-refractivity contribution >= 4 is 11.8 Å². The van der Waals surface area contributed by atoms with Crippen LogP contribution in [0.3, 0.4) is 0 Å². The van der Waals surface area contributed by atoms with Gasteiger partial charge in [-0.1, -0.05) is 12.8 Å². The van der Waals surface area contributed by atoms with Crippen molar-refractivity contribution in [3.05, 3.63) is 18.0 Å². The van der Waals surface area contributed by atoms with Crippen LogP contribution in [0.25, 0.3) is 0 Å². The zero-order valence-corrected chi connectivity index (χ0v) is 11.3. The van der Waals surface area contributed by atoms with Crippen molar-refractivity contribution in [2.75, 3.05) is 19.6 Å². The van der Waals surface area contributed by atoms with E-state index in [1.165, 1.54) is 17.5 Å². The Labute approximate surface area is 112 Å². The molecular formula is C13H20N4O2. The number of aryl methyl sites for hydroxylation is 1. The zero-order valence-electron chi connectivity index (χ0n) is 11.3. The molecule has 0 unspecified atom stereocenters. The van der Waals surface area contributed by atoms with Crippen LogP contribution in [0, 0.1) is 0 Å². The average molecular weight is 264 g/mol. The van der Waals surface area contributed by atoms with Gasteiger partial charge in [-0.15, -0.1) is 0 Å². The molecule has 0 radical (unpaired) electrons. The number of aromatic nitrogens is 2. The fourth-order valence-electron chi connectivity index (χ4n) is 2.27. The molecule has 104 valence electrons. The van der Waals surface area contributed by atoms with Crippen LogP contribution in [0.4, 0.5) is 0 Å². The molecule has 19 heavy (non-hydrogen) atoms. The lowest BCUT2D eigenvalue weighted by molar-refractivity contribution is -0.130. The summed E-state index contributed by atoms with van der Waals surface area (Å²) in [5, 5.41) is 6.58. The highest BCUT2D eigenvalue weighted by molar-refractivity contribution is 5.95. The Kier molecular flexibility index (Phi) is 4.54. The molecule has 0 bridgehead atoms. The van der Waals surface area contributed by atoms with Crippen LogP contribution in [0.5, 0.6) is 0 Å². The maximum absolute atomic E-state index is 12.0. The smallest absolute Gasteiger partial charge is 0.269 e. The number of likely N-dealkylation sites (tertiary alicyclic amines) is 1. The number of hydrogen-bond donors (Lipinski definition) is 1. The van der Waals surface area contributed by atoms with Gasteiger partial charge in [-0.05, 0) is 18.9 Å². The molecule has 1 N–H and O–H groups in total. The van der Waals surface area contributed by atoms with Gasteiger partial charge in [0.05, 0.1) is 6.54 Å². The largest absolute Gasteiger partial charge is 0.342 e. The maximum Gasteiger partial charge on any atom is 0.269 e. The highest BCUT2D eigenvalue weighted by atomic mass is 16.2. The van der Waals surface area contributed by atoms with Gasteiger partial charge in [-0.3, -0.25) is 14.3 Å². The molecule has 2 rings (SSSR count). The second kappa shape index (κ2) is 6.36. The van der Waals surface area contributed by atoms with Crippen LogP contribution in [-0.4, -0.2) is 46.1 Å². The first kappa shape index (κ1) is 13.6. The third-order valence-corrected chi connectivity index (χ3v) is 3.41. The van der Waals surface area contributed by atoms with Crippen LogP contribution in [-0.2, 0) is 11.8 Å². The van der Waals surface area contributed by atoms with E-state index in [2.05, 4.69) is 10.4 Å². The Bertz CT molecular complexity index is 447. The Hall–Kier alpha value is -1.85. The summed E-state index contributed by atoms with van der Waals surface area (Å²) in [5.41, 5.74) is 0.462. The predicted octanol–water partition coefficient (Wildman–Crippen LogP) is 0.552. The van der Waals surface area contributed by atoms with Crippen molar-refractivity contribution in [3.63, 3.8) is 0 Å². The normalized spacial score (nSPS) is 15.9. The Morgan fingerprint density at radius 2 is 1.95 bits per heavy atom. The summed E-state index contributed by atoms with van der Waals surface area (Å²) in [6.45, 7) is 1.67. The van der Waals surface area contributed by atoms with E-state index in [1.807, 2.05) is 4.90 Å². The highest BCUT2D eigenvalue weighted by Gasteiger charge is 2.17. The Morgan fingerprint density at radius 3 is 2.53 bits per heavy atom. The molecule has 6 heteroatoms. The number of amides is 2. The van der Waals surface area contributed by atoms with Gasteiger partial charge in [0.15, 0.2) is 0 Å². The zero-order chi connectivity index (χ0) is 13.7. The molecule has 0 aliphatic carbocycles. The van der Waals surface area contributed by atoms with Gasteiger partial charge < -0.3 is 10.2 Å². The number of hydrogen-bond acceptors (Lipinski definition) is 3. The predicted molar refractivity (Wildman–Crippen MR) is 70.6 cm³/mol. The molecule has 6 nitrogen and oxygen atoms in total. The molecule has 0 aromatic carbocycles. The van der Waals surface area contributed by atoms with E-state index in [9.17, 15) is 9.59 Å². The number of rotatable bonds is 3. The lowest BCUT2D eigenvalue weighted by Gasteiger charge is -2.20. The molecular weight excluding hydrogens is 244 g/mol. The molecule has 1 saturated heterocycles. The summed E-state index contributed by atoms with van der Waals surface area (Å²) >= 11 is 0. The third kappa shape index (κ3) is 3.56. The standard InChI is InChI=1S/C13H20N4O2/c1-16-11(6-7-15-16)13(19)14-10-12(18)17-8-4-2-3-5-9-17/h6-7H,2-5,8-10H2,1H3,(H,14,19). The first-order chi connectivity index (χ1) is 9.18. The van der Waals surface area contributed by atoms with E-state index >= 15 is 0 Å². The summed E-state index contributed by atoms with van der Waals surface area (Å²) in [7, 11) is 1.70. The quantitative estimate of drug-likeness (QED) is 0.867. The number of nitrogens with one attached hydrogen (secondary N) is 1. The van der Waals surface area contributed by atoms with E-state index in [-0.39, 0.29) is 18.4 Å². The van der Waals surface area contributed by atoms with Gasteiger partial charge in [0, 0.05) is 26.3 Å². The molecule has 1 aromatic heterocycles. The molecule has 0 saturated carbocycles. The molecule has 1 aliphatic heterocycles. The second-order valence-corrected chi connectivity index (χ2v) is 4.82. The second-order valence-electron chi connectivity index (χ2n) is 4.82. The van der Waals surface area contributed by atoms with Crippen molar-refractivity contribution in [2.45, 2.75) is 25.7 Å². The van der Waals surface area contributed by atoms with Crippen molar-refractivity contribution < 1.29 is 9.59 Å². The topological polar surface area (TPSA) is 67.2 Å². The summed E-state index contributed by atoms with van der Waals surface area (Å²) in [4.78, 5) is 25.7. The minimum Gasteiger partial charge on any atom is -0.342 e. The molecule has 0 atom stereocenters. The summed E-state index contributed by atoms with van der Waals surface area (Å²) in [5.74, 6) is -0.263. The van der Waals surface area contributed by atoms with E-state index in [0.29, 0.717) is 5.69 Å². The van der Waals surface area contributed by atoms with Crippen LogP contribution in [0.2, 0.25) is 0 Å². The summed E-state index contributed by atoms with van der Waals surface area (Å²) < 4.78 is 1.49. The lowest BCUT2D eigenvalue weighted by atomic mass is 10.2. The minimum atomic E-state index is -0.261. The molecule has 1 aliphatic rings. The fourth-order valence-corrected chi connectivity index (χ4v) is 2.27. The Morgan fingerprint density at radius 1 is 1.26 bits per heavy atom. The number of carbonyl (C=O) groups excluding carboxylic acids is 2. The summed E-state index contributed by atoms with van der Waals surface area (Å²) in [6.07, 6.45) is 6.05. The summed E-state index contributed by atoms with van der Waals surface area (Å²) in [6, 6.07) is 1.63. The van der Waals surface area contributed by atoms with E-state index in [1.54, 1.807) is 19.3 Å². The van der Waals surface area contributed by atoms with Gasteiger partial charge in [0.2, 0.25) is 5.91 Å². The number of carbonyl (C=O) groups is 2. The van der Waals surface area contributed by atoms with Gasteiger partial charge in [0.1, 0.15) is 5.69 Å². The molecule has 0 spiro atoms. The van der Waals surface area contributed by atoms with Crippen LogP contribution < -0.4 is 5.32 Å². The first-order valence-electron chi connectivity index (χ1n) is 6.72. The Balaban J connectivity index is 1.83. The van der Waals surface area contributed by atoms with Crippen molar-refractivity contribution in [3.8, 4) is 0 Å².